The van der Waals surface area contributed by atoms with Crippen LogP contribution in [0.5, 0.6) is 0 Å². The molecule has 0 aliphatic heterocycles. The van der Waals surface area contributed by atoms with E-state index in [1.165, 1.54) is 6.26 Å². The normalized spacial score (nSPS) is 14.4. The van der Waals surface area contributed by atoms with Crippen LogP contribution in [0.3, 0.4) is 0 Å². The monoisotopic (exact) mass is 425 g/mol. The van der Waals surface area contributed by atoms with E-state index in [1.807, 2.05) is 13.8 Å². The first-order chi connectivity index (χ1) is 14.4. The van der Waals surface area contributed by atoms with Gasteiger partial charge in [0.25, 0.3) is 5.91 Å². The molecule has 2 heterocycles. The van der Waals surface area contributed by atoms with Crippen LogP contribution in [0, 0.1) is 13.8 Å². The molecular weight excluding hydrogens is 406 g/mol. The van der Waals surface area contributed by atoms with Crippen molar-refractivity contribution in [3.8, 4) is 0 Å². The van der Waals surface area contributed by atoms with E-state index in [1.54, 1.807) is 30.3 Å². The lowest BCUT2D eigenvalue weighted by atomic mass is 9.93. The van der Waals surface area contributed by atoms with Gasteiger partial charge in [0, 0.05) is 28.3 Å². The Morgan fingerprint density at radius 1 is 1.13 bits per heavy atom. The summed E-state index contributed by atoms with van der Waals surface area (Å²) in [6.45, 7) is 3.69. The molecule has 30 heavy (non-hydrogen) atoms. The highest BCUT2D eigenvalue weighted by atomic mass is 35.5. The van der Waals surface area contributed by atoms with E-state index in [4.69, 9.17) is 20.4 Å². The number of aryl methyl sites for hydroxylation is 2. The summed E-state index contributed by atoms with van der Waals surface area (Å²) in [4.78, 5) is 25.0. The van der Waals surface area contributed by atoms with Crippen LogP contribution in [0.25, 0.3) is 0 Å². The van der Waals surface area contributed by atoms with Gasteiger partial charge in [-0.2, -0.15) is 5.10 Å². The van der Waals surface area contributed by atoms with Gasteiger partial charge in [-0.05, 0) is 62.6 Å². The molecular formula is C22H20ClN3O4. The van der Waals surface area contributed by atoms with Crippen molar-refractivity contribution < 1.29 is 18.4 Å². The van der Waals surface area contributed by atoms with Crippen LogP contribution in [0.15, 0.2) is 50.5 Å². The van der Waals surface area contributed by atoms with Crippen LogP contribution in [0.2, 0.25) is 5.02 Å². The Morgan fingerprint density at radius 2 is 1.97 bits per heavy atom. The molecule has 154 valence electrons. The molecule has 1 aliphatic carbocycles. The number of hydrogen-bond acceptors (Lipinski definition) is 5. The second-order valence-corrected chi connectivity index (χ2v) is 7.53. The van der Waals surface area contributed by atoms with Gasteiger partial charge >= 0.3 is 5.91 Å². The summed E-state index contributed by atoms with van der Waals surface area (Å²) < 4.78 is 11.0. The molecule has 1 aromatic carbocycles. The van der Waals surface area contributed by atoms with Gasteiger partial charge in [0.15, 0.2) is 11.5 Å². The third-order valence-corrected chi connectivity index (χ3v) is 5.24. The Labute approximate surface area is 178 Å². The summed E-state index contributed by atoms with van der Waals surface area (Å²) in [7, 11) is 0. The van der Waals surface area contributed by atoms with Crippen molar-refractivity contribution in [1.29, 1.82) is 0 Å². The van der Waals surface area contributed by atoms with Crippen LogP contribution in [0.1, 0.15) is 56.4 Å². The van der Waals surface area contributed by atoms with Gasteiger partial charge < -0.3 is 14.2 Å². The molecule has 8 heteroatoms. The number of furan rings is 2. The highest BCUT2D eigenvalue weighted by Gasteiger charge is 2.28. The first kappa shape index (κ1) is 20.0. The fraction of sp³-hybridized carbons (Fsp3) is 0.227. The predicted molar refractivity (Wildman–Crippen MR) is 113 cm³/mol. The Balaban J connectivity index is 1.58. The molecule has 0 saturated carbocycles. The Hall–Kier alpha value is -3.32. The van der Waals surface area contributed by atoms with Crippen molar-refractivity contribution >= 4 is 34.8 Å². The molecule has 7 nitrogen and oxygen atoms in total. The Bertz CT molecular complexity index is 1150. The van der Waals surface area contributed by atoms with E-state index in [0.717, 1.165) is 17.5 Å². The lowest BCUT2D eigenvalue weighted by molar-refractivity contribution is 0.0926. The number of nitrogens with zero attached hydrogens (tertiary/aromatic N) is 1. The number of benzene rings is 1. The zero-order valence-electron chi connectivity index (χ0n) is 16.5. The smallest absolute Gasteiger partial charge is 0.307 e. The van der Waals surface area contributed by atoms with Crippen molar-refractivity contribution in [3.05, 3.63) is 75.6 Å². The average Bonchev–Trinajstić information content (AvgIpc) is 3.37. The van der Waals surface area contributed by atoms with E-state index in [9.17, 15) is 9.59 Å². The summed E-state index contributed by atoms with van der Waals surface area (Å²) in [6, 6.07) is 8.45. The molecule has 0 radical (unpaired) electrons. The number of anilines is 1. The van der Waals surface area contributed by atoms with Gasteiger partial charge in [0.05, 0.1) is 12.0 Å². The van der Waals surface area contributed by atoms with Gasteiger partial charge in [-0.15, -0.1) is 0 Å². The molecule has 2 N–H and O–H groups in total. The molecule has 0 unspecified atom stereocenters. The number of hydrogen-bond donors (Lipinski definition) is 2. The number of fused-ring (bicyclic) bond motifs is 1. The molecule has 0 bridgehead atoms. The summed E-state index contributed by atoms with van der Waals surface area (Å²) >= 11 is 5.98. The minimum absolute atomic E-state index is 0.178. The van der Waals surface area contributed by atoms with Crippen molar-refractivity contribution in [2.24, 2.45) is 5.10 Å². The maximum absolute atomic E-state index is 12.9. The van der Waals surface area contributed by atoms with Gasteiger partial charge in [0.2, 0.25) is 0 Å². The predicted octanol–water partition coefficient (Wildman–Crippen LogP) is 4.87. The van der Waals surface area contributed by atoms with Crippen molar-refractivity contribution in [2.75, 3.05) is 5.32 Å². The molecule has 2 aromatic heterocycles. The fourth-order valence-electron chi connectivity index (χ4n) is 3.52. The van der Waals surface area contributed by atoms with E-state index in [-0.39, 0.29) is 17.4 Å². The highest BCUT2D eigenvalue weighted by molar-refractivity contribution is 6.30. The number of halogens is 1. The lowest BCUT2D eigenvalue weighted by Crippen LogP contribution is -2.21. The topological polar surface area (TPSA) is 96.8 Å². The number of rotatable bonds is 4. The zero-order chi connectivity index (χ0) is 21.3. The second kappa shape index (κ2) is 8.20. The molecule has 1 aliphatic rings. The maximum Gasteiger partial charge on any atom is 0.307 e. The van der Waals surface area contributed by atoms with Crippen LogP contribution < -0.4 is 10.7 Å². The fourth-order valence-corrected chi connectivity index (χ4v) is 3.75. The summed E-state index contributed by atoms with van der Waals surface area (Å²) in [5, 5.41) is 7.75. The van der Waals surface area contributed by atoms with Crippen molar-refractivity contribution in [3.63, 3.8) is 0 Å². The van der Waals surface area contributed by atoms with E-state index in [0.29, 0.717) is 40.6 Å². The Morgan fingerprint density at radius 3 is 2.70 bits per heavy atom. The number of amides is 2. The number of carbonyl (C=O) groups excluding carboxylic acids is 2. The highest BCUT2D eigenvalue weighted by Crippen LogP contribution is 2.30. The summed E-state index contributed by atoms with van der Waals surface area (Å²) in [5.41, 5.74) is 6.18. The van der Waals surface area contributed by atoms with E-state index < -0.39 is 5.91 Å². The third-order valence-electron chi connectivity index (χ3n) is 5.01. The van der Waals surface area contributed by atoms with Gasteiger partial charge in [0.1, 0.15) is 5.76 Å². The van der Waals surface area contributed by atoms with Gasteiger partial charge in [-0.25, -0.2) is 5.43 Å². The van der Waals surface area contributed by atoms with Crippen LogP contribution in [-0.4, -0.2) is 17.5 Å². The largest absolute Gasteiger partial charge is 0.459 e. The third kappa shape index (κ3) is 3.89. The standard InChI is InChI=1S/C22H20ClN3O4/c1-12-11-14(23)8-9-15(12)24-22(28)20-13(2)19-16(5-3-6-17(19)30-20)25-26-21(27)18-7-4-10-29-18/h4,7-11H,3,5-6H2,1-2H3,(H,24,28)(H,26,27)/b25-16+. The van der Waals surface area contributed by atoms with Gasteiger partial charge in [-0.3, -0.25) is 9.59 Å². The van der Waals surface area contributed by atoms with Crippen molar-refractivity contribution in [1.82, 2.24) is 5.43 Å². The maximum atomic E-state index is 12.9. The molecule has 0 spiro atoms. The summed E-state index contributed by atoms with van der Waals surface area (Å²) in [5.74, 6) is 0.338. The van der Waals surface area contributed by atoms with Gasteiger partial charge in [-0.1, -0.05) is 11.6 Å². The van der Waals surface area contributed by atoms with Crippen LogP contribution >= 0.6 is 11.6 Å². The van der Waals surface area contributed by atoms with Crippen LogP contribution in [-0.2, 0) is 6.42 Å². The second-order valence-electron chi connectivity index (χ2n) is 7.10. The number of carbonyl (C=O) groups is 2. The quantitative estimate of drug-likeness (QED) is 0.583. The number of hydrazone groups is 1. The molecule has 0 saturated heterocycles. The summed E-state index contributed by atoms with van der Waals surface area (Å²) in [6.07, 6.45) is 3.61. The Kier molecular flexibility index (Phi) is 5.46. The molecule has 3 aromatic rings. The first-order valence-electron chi connectivity index (χ1n) is 9.54. The minimum atomic E-state index is -0.433. The average molecular weight is 426 g/mol. The SMILES string of the molecule is Cc1cc(Cl)ccc1NC(=O)c1oc2c(c1C)/C(=N/NC(=O)c1ccco1)CCC2. The first-order valence-corrected chi connectivity index (χ1v) is 9.92. The molecule has 2 amide bonds. The van der Waals surface area contributed by atoms with E-state index >= 15 is 0 Å². The van der Waals surface area contributed by atoms with E-state index in [2.05, 4.69) is 15.8 Å². The van der Waals surface area contributed by atoms with Crippen molar-refractivity contribution in [2.45, 2.75) is 33.1 Å². The molecule has 0 fully saturated rings. The minimum Gasteiger partial charge on any atom is -0.459 e. The molecule has 0 atom stereocenters. The molecule has 4 rings (SSSR count). The van der Waals surface area contributed by atoms with Crippen LogP contribution in [0.4, 0.5) is 5.69 Å². The number of nitrogens with one attached hydrogen (secondary N) is 2. The zero-order valence-corrected chi connectivity index (χ0v) is 17.3. The lowest BCUT2D eigenvalue weighted by Gasteiger charge is -2.13.